The van der Waals surface area contributed by atoms with E-state index in [2.05, 4.69) is 10.6 Å². The lowest BCUT2D eigenvalue weighted by Gasteiger charge is -2.17. The summed E-state index contributed by atoms with van der Waals surface area (Å²) >= 11 is 0. The fourth-order valence-corrected chi connectivity index (χ4v) is 1.62. The molecular formula is C13H18N2O3. The molecule has 0 bridgehead atoms. The number of rotatable bonds is 5. The van der Waals surface area contributed by atoms with Gasteiger partial charge in [-0.1, -0.05) is 12.1 Å². The molecule has 1 aromatic rings. The molecule has 5 heteroatoms. The van der Waals surface area contributed by atoms with E-state index in [0.717, 1.165) is 11.3 Å². The molecule has 1 atom stereocenters. The Labute approximate surface area is 107 Å². The molecule has 0 saturated heterocycles. The maximum atomic E-state index is 11.4. The highest BCUT2D eigenvalue weighted by Gasteiger charge is 2.16. The Morgan fingerprint density at radius 3 is 2.33 bits per heavy atom. The van der Waals surface area contributed by atoms with E-state index < -0.39 is 0 Å². The van der Waals surface area contributed by atoms with Gasteiger partial charge in [-0.2, -0.15) is 0 Å². The Balaban J connectivity index is 2.86. The minimum Gasteiger partial charge on any atom is -0.497 e. The first-order valence-corrected chi connectivity index (χ1v) is 5.68. The average molecular weight is 250 g/mol. The quantitative estimate of drug-likeness (QED) is 0.819. The number of hydrogen-bond donors (Lipinski definition) is 2. The van der Waals surface area contributed by atoms with Crippen LogP contribution in [0, 0.1) is 0 Å². The van der Waals surface area contributed by atoms with E-state index in [9.17, 15) is 9.59 Å². The summed E-state index contributed by atoms with van der Waals surface area (Å²) in [5.74, 6) is 0.449. The zero-order valence-corrected chi connectivity index (χ0v) is 10.8. The SMILES string of the molecule is CNC(=O)CC(NC(C)=O)c1ccc(OC)cc1. The molecule has 0 aliphatic carbocycles. The lowest BCUT2D eigenvalue weighted by Crippen LogP contribution is -2.31. The molecular weight excluding hydrogens is 232 g/mol. The molecule has 0 aliphatic rings. The molecule has 5 nitrogen and oxygen atoms in total. The number of amides is 2. The smallest absolute Gasteiger partial charge is 0.222 e. The van der Waals surface area contributed by atoms with Crippen molar-refractivity contribution >= 4 is 11.8 Å². The Kier molecular flexibility index (Phi) is 5.17. The zero-order chi connectivity index (χ0) is 13.5. The first-order valence-electron chi connectivity index (χ1n) is 5.68. The van der Waals surface area contributed by atoms with Crippen LogP contribution < -0.4 is 15.4 Å². The molecule has 0 heterocycles. The van der Waals surface area contributed by atoms with E-state index in [4.69, 9.17) is 4.74 Å². The number of methoxy groups -OCH3 is 1. The van der Waals surface area contributed by atoms with Crippen molar-refractivity contribution in [1.82, 2.24) is 10.6 Å². The number of carbonyl (C=O) groups is 2. The summed E-state index contributed by atoms with van der Waals surface area (Å²) in [7, 11) is 3.16. The predicted octanol–water partition coefficient (Wildman–Crippen LogP) is 1.01. The zero-order valence-electron chi connectivity index (χ0n) is 10.8. The molecule has 2 N–H and O–H groups in total. The van der Waals surface area contributed by atoms with Crippen molar-refractivity contribution in [2.45, 2.75) is 19.4 Å². The van der Waals surface area contributed by atoms with Crippen LogP contribution in [-0.2, 0) is 9.59 Å². The maximum Gasteiger partial charge on any atom is 0.222 e. The van der Waals surface area contributed by atoms with Crippen LogP contribution in [0.25, 0.3) is 0 Å². The number of ether oxygens (including phenoxy) is 1. The van der Waals surface area contributed by atoms with E-state index in [1.165, 1.54) is 6.92 Å². The second-order valence-corrected chi connectivity index (χ2v) is 3.90. The summed E-state index contributed by atoms with van der Waals surface area (Å²) in [5.41, 5.74) is 0.870. The van der Waals surface area contributed by atoms with Crippen molar-refractivity contribution in [3.63, 3.8) is 0 Å². The molecule has 1 rings (SSSR count). The lowest BCUT2D eigenvalue weighted by molar-refractivity contribution is -0.122. The van der Waals surface area contributed by atoms with Gasteiger partial charge in [0.15, 0.2) is 0 Å². The van der Waals surface area contributed by atoms with Gasteiger partial charge < -0.3 is 15.4 Å². The van der Waals surface area contributed by atoms with Crippen LogP contribution in [0.3, 0.4) is 0 Å². The number of benzene rings is 1. The van der Waals surface area contributed by atoms with Gasteiger partial charge in [-0.3, -0.25) is 9.59 Å². The predicted molar refractivity (Wildman–Crippen MR) is 68.2 cm³/mol. The standard InChI is InChI=1S/C13H18N2O3/c1-9(16)15-12(8-13(17)14-2)10-4-6-11(18-3)7-5-10/h4-7,12H,8H2,1-3H3,(H,14,17)(H,15,16). The van der Waals surface area contributed by atoms with Crippen LogP contribution in [0.2, 0.25) is 0 Å². The van der Waals surface area contributed by atoms with Crippen molar-refractivity contribution in [2.24, 2.45) is 0 Å². The van der Waals surface area contributed by atoms with Crippen LogP contribution in [0.5, 0.6) is 5.75 Å². The van der Waals surface area contributed by atoms with Gasteiger partial charge in [-0.15, -0.1) is 0 Å². The van der Waals surface area contributed by atoms with Crippen LogP contribution in [0.4, 0.5) is 0 Å². The summed E-state index contributed by atoms with van der Waals surface area (Å²) < 4.78 is 5.07. The topological polar surface area (TPSA) is 67.4 Å². The fourth-order valence-electron chi connectivity index (χ4n) is 1.62. The van der Waals surface area contributed by atoms with E-state index in [0.29, 0.717) is 0 Å². The largest absolute Gasteiger partial charge is 0.497 e. The van der Waals surface area contributed by atoms with Crippen LogP contribution >= 0.6 is 0 Å². The maximum absolute atomic E-state index is 11.4. The van der Waals surface area contributed by atoms with Crippen LogP contribution in [-0.4, -0.2) is 26.0 Å². The van der Waals surface area contributed by atoms with Gasteiger partial charge in [0.2, 0.25) is 11.8 Å². The van der Waals surface area contributed by atoms with Gasteiger partial charge in [0.05, 0.1) is 19.6 Å². The second kappa shape index (κ2) is 6.64. The monoisotopic (exact) mass is 250 g/mol. The molecule has 0 spiro atoms. The molecule has 0 saturated carbocycles. The van der Waals surface area contributed by atoms with Gasteiger partial charge in [0.1, 0.15) is 5.75 Å². The van der Waals surface area contributed by atoms with Crippen molar-refractivity contribution in [1.29, 1.82) is 0 Å². The van der Waals surface area contributed by atoms with E-state index >= 15 is 0 Å². The van der Waals surface area contributed by atoms with Crippen LogP contribution in [0.15, 0.2) is 24.3 Å². The van der Waals surface area contributed by atoms with E-state index in [1.807, 2.05) is 12.1 Å². The van der Waals surface area contributed by atoms with Gasteiger partial charge in [-0.25, -0.2) is 0 Å². The first-order chi connectivity index (χ1) is 8.56. The Hall–Kier alpha value is -2.04. The molecule has 1 aromatic carbocycles. The third-order valence-corrected chi connectivity index (χ3v) is 2.56. The highest BCUT2D eigenvalue weighted by Crippen LogP contribution is 2.20. The highest BCUT2D eigenvalue weighted by molar-refractivity contribution is 5.78. The Bertz CT molecular complexity index is 415. The van der Waals surface area contributed by atoms with E-state index in [-0.39, 0.29) is 24.3 Å². The summed E-state index contributed by atoms with van der Waals surface area (Å²) in [6.07, 6.45) is 0.211. The third kappa shape index (κ3) is 4.08. The van der Waals surface area contributed by atoms with Gasteiger partial charge in [-0.05, 0) is 17.7 Å². The highest BCUT2D eigenvalue weighted by atomic mass is 16.5. The van der Waals surface area contributed by atoms with Gasteiger partial charge in [0.25, 0.3) is 0 Å². The number of nitrogens with one attached hydrogen (secondary N) is 2. The molecule has 0 aromatic heterocycles. The van der Waals surface area contributed by atoms with Gasteiger partial charge in [0, 0.05) is 14.0 Å². The molecule has 0 fully saturated rings. The minimum absolute atomic E-state index is 0.121. The Morgan fingerprint density at radius 2 is 1.89 bits per heavy atom. The van der Waals surface area contributed by atoms with Crippen LogP contribution in [0.1, 0.15) is 24.9 Å². The van der Waals surface area contributed by atoms with Crippen molar-refractivity contribution < 1.29 is 14.3 Å². The number of hydrogen-bond acceptors (Lipinski definition) is 3. The van der Waals surface area contributed by atoms with Gasteiger partial charge >= 0.3 is 0 Å². The lowest BCUT2D eigenvalue weighted by atomic mass is 10.0. The minimum atomic E-state index is -0.326. The third-order valence-electron chi connectivity index (χ3n) is 2.56. The molecule has 0 radical (unpaired) electrons. The van der Waals surface area contributed by atoms with Crippen molar-refractivity contribution in [2.75, 3.05) is 14.2 Å². The summed E-state index contributed by atoms with van der Waals surface area (Å²) in [6.45, 7) is 1.43. The molecule has 0 aliphatic heterocycles. The Morgan fingerprint density at radius 1 is 1.28 bits per heavy atom. The van der Waals surface area contributed by atoms with Crippen molar-refractivity contribution in [3.8, 4) is 5.75 Å². The summed E-state index contributed by atoms with van der Waals surface area (Å²) in [6, 6.07) is 6.94. The second-order valence-electron chi connectivity index (χ2n) is 3.90. The molecule has 98 valence electrons. The molecule has 2 amide bonds. The number of carbonyl (C=O) groups excluding carboxylic acids is 2. The van der Waals surface area contributed by atoms with E-state index in [1.54, 1.807) is 26.3 Å². The summed E-state index contributed by atoms with van der Waals surface area (Å²) in [4.78, 5) is 22.6. The molecule has 1 unspecified atom stereocenters. The summed E-state index contributed by atoms with van der Waals surface area (Å²) in [5, 5.41) is 5.30. The fraction of sp³-hybridized carbons (Fsp3) is 0.385. The average Bonchev–Trinajstić information content (AvgIpc) is 2.37. The first kappa shape index (κ1) is 14.0. The van der Waals surface area contributed by atoms with Crippen molar-refractivity contribution in [3.05, 3.63) is 29.8 Å². The normalized spacial score (nSPS) is 11.5. The molecule has 18 heavy (non-hydrogen) atoms.